The molecule has 0 aromatic rings. The third-order valence-corrected chi connectivity index (χ3v) is 3.39. The highest BCUT2D eigenvalue weighted by molar-refractivity contribution is 9.09. The number of aliphatic hydroxyl groups is 1. The van der Waals surface area contributed by atoms with Gasteiger partial charge in [0.2, 0.25) is 0 Å². The Kier molecular flexibility index (Phi) is 3.82. The standard InChI is InChI=1S/C8H12BrF3O2/c9-5-7(13,8(10,11)12)6-2-1-3-14-4-6/h6,13H,1-5H2. The number of hydrogen-bond acceptors (Lipinski definition) is 2. The minimum absolute atomic E-state index is 0.0262. The van der Waals surface area contributed by atoms with E-state index in [1.165, 1.54) is 0 Å². The third-order valence-electron chi connectivity index (χ3n) is 2.53. The van der Waals surface area contributed by atoms with E-state index in [1.807, 2.05) is 0 Å². The Hall–Kier alpha value is 0.190. The van der Waals surface area contributed by atoms with E-state index in [1.54, 1.807) is 0 Å². The molecule has 0 bridgehead atoms. The van der Waals surface area contributed by atoms with Gasteiger partial charge in [-0.2, -0.15) is 13.2 Å². The van der Waals surface area contributed by atoms with Gasteiger partial charge < -0.3 is 9.84 Å². The first-order chi connectivity index (χ1) is 6.42. The first kappa shape index (κ1) is 12.3. The Bertz CT molecular complexity index is 192. The normalized spacial score (nSPS) is 28.5. The molecule has 1 aliphatic rings. The Morgan fingerprint density at radius 3 is 2.43 bits per heavy atom. The molecule has 84 valence electrons. The predicted octanol–water partition coefficient (Wildman–Crippen LogP) is 2.10. The van der Waals surface area contributed by atoms with Gasteiger partial charge in [-0.1, -0.05) is 15.9 Å². The lowest BCUT2D eigenvalue weighted by Crippen LogP contribution is -2.55. The van der Waals surface area contributed by atoms with Crippen LogP contribution in [0, 0.1) is 5.92 Å². The summed E-state index contributed by atoms with van der Waals surface area (Å²) in [6.07, 6.45) is -3.69. The van der Waals surface area contributed by atoms with Crippen molar-refractivity contribution in [2.75, 3.05) is 18.5 Å². The smallest absolute Gasteiger partial charge is 0.381 e. The molecule has 1 rings (SSSR count). The maximum absolute atomic E-state index is 12.6. The molecule has 2 nitrogen and oxygen atoms in total. The predicted molar refractivity (Wildman–Crippen MR) is 48.3 cm³/mol. The Labute approximate surface area is 88.6 Å². The largest absolute Gasteiger partial charge is 0.418 e. The van der Waals surface area contributed by atoms with Crippen molar-refractivity contribution in [2.24, 2.45) is 5.92 Å². The molecule has 0 aliphatic carbocycles. The zero-order valence-electron chi connectivity index (χ0n) is 7.48. The topological polar surface area (TPSA) is 29.5 Å². The Morgan fingerprint density at radius 2 is 2.07 bits per heavy atom. The number of rotatable bonds is 2. The molecule has 0 amide bonds. The third kappa shape index (κ3) is 2.23. The van der Waals surface area contributed by atoms with E-state index < -0.39 is 23.0 Å². The zero-order chi connectivity index (χ0) is 10.8. The van der Waals surface area contributed by atoms with Crippen LogP contribution in [0.25, 0.3) is 0 Å². The van der Waals surface area contributed by atoms with Gasteiger partial charge in [0.15, 0.2) is 5.60 Å². The Balaban J connectivity index is 2.77. The van der Waals surface area contributed by atoms with Crippen LogP contribution >= 0.6 is 15.9 Å². The van der Waals surface area contributed by atoms with E-state index in [0.29, 0.717) is 19.4 Å². The van der Waals surface area contributed by atoms with Crippen LogP contribution in [-0.2, 0) is 4.74 Å². The highest BCUT2D eigenvalue weighted by Gasteiger charge is 2.57. The van der Waals surface area contributed by atoms with Crippen LogP contribution in [0.15, 0.2) is 0 Å². The molecule has 2 unspecified atom stereocenters. The summed E-state index contributed by atoms with van der Waals surface area (Å²) in [7, 11) is 0. The van der Waals surface area contributed by atoms with Crippen molar-refractivity contribution in [3.63, 3.8) is 0 Å². The molecule has 1 heterocycles. The van der Waals surface area contributed by atoms with Crippen LogP contribution in [0.5, 0.6) is 0 Å². The van der Waals surface area contributed by atoms with Gasteiger partial charge in [0.05, 0.1) is 6.61 Å². The van der Waals surface area contributed by atoms with E-state index in [2.05, 4.69) is 15.9 Å². The van der Waals surface area contributed by atoms with Crippen LogP contribution in [0.4, 0.5) is 13.2 Å². The van der Waals surface area contributed by atoms with Gasteiger partial charge in [-0.3, -0.25) is 0 Å². The fourth-order valence-corrected chi connectivity index (χ4v) is 2.31. The van der Waals surface area contributed by atoms with E-state index in [9.17, 15) is 18.3 Å². The highest BCUT2D eigenvalue weighted by Crippen LogP contribution is 2.40. The van der Waals surface area contributed by atoms with Gasteiger partial charge in [0, 0.05) is 17.9 Å². The van der Waals surface area contributed by atoms with E-state index in [0.717, 1.165) is 0 Å². The lowest BCUT2D eigenvalue weighted by Gasteiger charge is -2.38. The molecule has 0 aromatic carbocycles. The lowest BCUT2D eigenvalue weighted by atomic mass is 9.84. The zero-order valence-corrected chi connectivity index (χ0v) is 9.07. The van der Waals surface area contributed by atoms with E-state index in [-0.39, 0.29) is 6.61 Å². The van der Waals surface area contributed by atoms with Crippen LogP contribution in [0.3, 0.4) is 0 Å². The highest BCUT2D eigenvalue weighted by atomic mass is 79.9. The van der Waals surface area contributed by atoms with Crippen molar-refractivity contribution >= 4 is 15.9 Å². The molecule has 0 radical (unpaired) electrons. The van der Waals surface area contributed by atoms with E-state index >= 15 is 0 Å². The van der Waals surface area contributed by atoms with Crippen molar-refractivity contribution in [2.45, 2.75) is 24.6 Å². The second kappa shape index (κ2) is 4.37. The summed E-state index contributed by atoms with van der Waals surface area (Å²) in [4.78, 5) is 0. The number of halogens is 4. The SMILES string of the molecule is OC(CBr)(C1CCCOC1)C(F)(F)F. The molecule has 0 spiro atoms. The maximum Gasteiger partial charge on any atom is 0.418 e. The fraction of sp³-hybridized carbons (Fsp3) is 1.00. The maximum atomic E-state index is 12.6. The van der Waals surface area contributed by atoms with Crippen molar-refractivity contribution in [3.05, 3.63) is 0 Å². The average Bonchev–Trinajstić information content (AvgIpc) is 2.16. The first-order valence-electron chi connectivity index (χ1n) is 4.34. The van der Waals surface area contributed by atoms with Gasteiger partial charge in [0.25, 0.3) is 0 Å². The molecule has 2 atom stereocenters. The fourth-order valence-electron chi connectivity index (χ4n) is 1.53. The summed E-state index contributed by atoms with van der Waals surface area (Å²) in [5.74, 6) is -0.865. The molecular formula is C8H12BrF3O2. The minimum Gasteiger partial charge on any atom is -0.381 e. The van der Waals surface area contributed by atoms with Gasteiger partial charge in [-0.25, -0.2) is 0 Å². The molecule has 0 saturated carbocycles. The van der Waals surface area contributed by atoms with Gasteiger partial charge >= 0.3 is 6.18 Å². The molecular weight excluding hydrogens is 265 g/mol. The summed E-state index contributed by atoms with van der Waals surface area (Å²) in [5.41, 5.74) is -2.66. The van der Waals surface area contributed by atoms with Crippen LogP contribution in [0.2, 0.25) is 0 Å². The van der Waals surface area contributed by atoms with Gasteiger partial charge in [-0.15, -0.1) is 0 Å². The van der Waals surface area contributed by atoms with Crippen LogP contribution in [-0.4, -0.2) is 35.4 Å². The Morgan fingerprint density at radius 1 is 1.43 bits per heavy atom. The summed E-state index contributed by atoms with van der Waals surface area (Å²) < 4.78 is 42.6. The van der Waals surface area contributed by atoms with E-state index in [4.69, 9.17) is 4.74 Å². The molecule has 1 N–H and O–H groups in total. The quantitative estimate of drug-likeness (QED) is 0.783. The molecule has 1 aliphatic heterocycles. The molecule has 6 heteroatoms. The number of hydrogen-bond donors (Lipinski definition) is 1. The number of alkyl halides is 4. The molecule has 1 saturated heterocycles. The van der Waals surface area contributed by atoms with Crippen LogP contribution < -0.4 is 0 Å². The minimum atomic E-state index is -4.61. The van der Waals surface area contributed by atoms with Crippen molar-refractivity contribution in [1.82, 2.24) is 0 Å². The van der Waals surface area contributed by atoms with Crippen LogP contribution in [0.1, 0.15) is 12.8 Å². The molecule has 14 heavy (non-hydrogen) atoms. The van der Waals surface area contributed by atoms with Crippen molar-refractivity contribution in [1.29, 1.82) is 0 Å². The summed E-state index contributed by atoms with van der Waals surface area (Å²) in [6, 6.07) is 0. The molecule has 0 aromatic heterocycles. The monoisotopic (exact) mass is 276 g/mol. The summed E-state index contributed by atoms with van der Waals surface area (Å²) in [6.45, 7) is 0.453. The summed E-state index contributed by atoms with van der Waals surface area (Å²) >= 11 is 2.72. The second-order valence-electron chi connectivity index (χ2n) is 3.47. The average molecular weight is 277 g/mol. The number of ether oxygens (including phenoxy) is 1. The second-order valence-corrected chi connectivity index (χ2v) is 4.03. The van der Waals surface area contributed by atoms with Crippen molar-refractivity contribution < 1.29 is 23.0 Å². The van der Waals surface area contributed by atoms with Crippen molar-refractivity contribution in [3.8, 4) is 0 Å². The summed E-state index contributed by atoms with van der Waals surface area (Å²) in [5, 5.41) is 9.03. The van der Waals surface area contributed by atoms with Gasteiger partial charge in [0.1, 0.15) is 0 Å². The molecule has 1 fully saturated rings. The van der Waals surface area contributed by atoms with Gasteiger partial charge in [-0.05, 0) is 12.8 Å². The lowest BCUT2D eigenvalue weighted by molar-refractivity contribution is -0.277. The first-order valence-corrected chi connectivity index (χ1v) is 5.47.